The van der Waals surface area contributed by atoms with Crippen molar-refractivity contribution in [2.45, 2.75) is 12.8 Å². The third-order valence-electron chi connectivity index (χ3n) is 5.01. The zero-order valence-corrected chi connectivity index (χ0v) is 14.1. The normalized spacial score (nSPS) is 15.5. The van der Waals surface area contributed by atoms with Gasteiger partial charge in [-0.1, -0.05) is 24.3 Å². The van der Waals surface area contributed by atoms with Gasteiger partial charge in [-0.05, 0) is 61.4 Å². The van der Waals surface area contributed by atoms with E-state index in [1.807, 2.05) is 24.3 Å². The summed E-state index contributed by atoms with van der Waals surface area (Å²) in [5, 5.41) is 0. The molecule has 0 bridgehead atoms. The molecule has 0 aromatic heterocycles. The number of rotatable bonds is 2. The van der Waals surface area contributed by atoms with Gasteiger partial charge in [0.15, 0.2) is 11.5 Å². The van der Waals surface area contributed by atoms with E-state index in [1.54, 1.807) is 0 Å². The van der Waals surface area contributed by atoms with Crippen LogP contribution in [0.5, 0.6) is 11.5 Å². The van der Waals surface area contributed by atoms with Crippen molar-refractivity contribution >= 4 is 22.7 Å². The Kier molecular flexibility index (Phi) is 3.37. The van der Waals surface area contributed by atoms with Crippen molar-refractivity contribution in [3.63, 3.8) is 0 Å². The average Bonchev–Trinajstić information content (AvgIpc) is 3.21. The Labute approximate surface area is 148 Å². The van der Waals surface area contributed by atoms with Crippen molar-refractivity contribution in [2.75, 3.05) is 22.9 Å². The summed E-state index contributed by atoms with van der Waals surface area (Å²) in [6.45, 7) is 2.34. The van der Waals surface area contributed by atoms with Crippen molar-refractivity contribution in [1.82, 2.24) is 0 Å². The lowest BCUT2D eigenvalue weighted by molar-refractivity contribution is 0.477. The van der Waals surface area contributed by atoms with Crippen LogP contribution >= 0.6 is 0 Å². The molecule has 25 heavy (non-hydrogen) atoms. The Morgan fingerprint density at radius 1 is 0.600 bits per heavy atom. The summed E-state index contributed by atoms with van der Waals surface area (Å²) >= 11 is 0. The number of ether oxygens (including phenoxy) is 1. The largest absolute Gasteiger partial charge is 0.453 e. The number of hydrogen-bond acceptors (Lipinski definition) is 3. The van der Waals surface area contributed by atoms with Crippen LogP contribution in [0.1, 0.15) is 12.8 Å². The van der Waals surface area contributed by atoms with Gasteiger partial charge in [0, 0.05) is 24.5 Å². The van der Waals surface area contributed by atoms with Crippen LogP contribution in [0.2, 0.25) is 0 Å². The molecule has 0 amide bonds. The molecule has 3 nitrogen and oxygen atoms in total. The summed E-state index contributed by atoms with van der Waals surface area (Å²) in [5.41, 5.74) is 4.63. The van der Waals surface area contributed by atoms with Crippen LogP contribution < -0.4 is 14.5 Å². The highest BCUT2D eigenvalue weighted by atomic mass is 16.5. The highest BCUT2D eigenvalue weighted by Gasteiger charge is 2.25. The SMILES string of the molecule is c1ccc2c(c1)Oc1ccccc1N2c1ccc(N2CCCC2)cc1. The second kappa shape index (κ2) is 5.85. The van der Waals surface area contributed by atoms with Crippen molar-refractivity contribution in [2.24, 2.45) is 0 Å². The van der Waals surface area contributed by atoms with E-state index in [0.29, 0.717) is 0 Å². The van der Waals surface area contributed by atoms with Gasteiger partial charge in [0.1, 0.15) is 0 Å². The van der Waals surface area contributed by atoms with Crippen LogP contribution in [0.3, 0.4) is 0 Å². The predicted octanol–water partition coefficient (Wildman–Crippen LogP) is 5.86. The van der Waals surface area contributed by atoms with Gasteiger partial charge in [-0.25, -0.2) is 0 Å². The molecule has 3 heteroatoms. The quantitative estimate of drug-likeness (QED) is 0.458. The second-order valence-electron chi connectivity index (χ2n) is 6.58. The molecular weight excluding hydrogens is 308 g/mol. The lowest BCUT2D eigenvalue weighted by atomic mass is 10.1. The fraction of sp³-hybridized carbons (Fsp3) is 0.182. The van der Waals surface area contributed by atoms with Gasteiger partial charge in [0.25, 0.3) is 0 Å². The first-order chi connectivity index (χ1) is 12.4. The molecule has 3 aromatic rings. The molecule has 0 spiro atoms. The first-order valence-electron chi connectivity index (χ1n) is 8.91. The van der Waals surface area contributed by atoms with Gasteiger partial charge in [0.05, 0.1) is 11.4 Å². The Morgan fingerprint density at radius 3 is 1.72 bits per heavy atom. The summed E-state index contributed by atoms with van der Waals surface area (Å²) in [4.78, 5) is 4.74. The summed E-state index contributed by atoms with van der Waals surface area (Å²) in [6.07, 6.45) is 2.60. The smallest absolute Gasteiger partial charge is 0.151 e. The molecule has 3 aromatic carbocycles. The minimum absolute atomic E-state index is 0.893. The summed E-state index contributed by atoms with van der Waals surface area (Å²) < 4.78 is 6.08. The fourth-order valence-electron chi connectivity index (χ4n) is 3.77. The van der Waals surface area contributed by atoms with Gasteiger partial charge < -0.3 is 14.5 Å². The molecule has 124 valence electrons. The molecule has 0 N–H and O–H groups in total. The molecule has 2 aliphatic heterocycles. The molecule has 0 atom stereocenters. The lowest BCUT2D eigenvalue weighted by Gasteiger charge is -2.33. The first-order valence-corrected chi connectivity index (χ1v) is 8.91. The number of fused-ring (bicyclic) bond motifs is 2. The zero-order valence-electron chi connectivity index (χ0n) is 14.1. The van der Waals surface area contributed by atoms with Crippen molar-refractivity contribution in [1.29, 1.82) is 0 Å². The molecule has 2 heterocycles. The van der Waals surface area contributed by atoms with Crippen LogP contribution in [0.25, 0.3) is 0 Å². The first kappa shape index (κ1) is 14.4. The van der Waals surface area contributed by atoms with Gasteiger partial charge in [-0.3, -0.25) is 0 Å². The van der Waals surface area contributed by atoms with E-state index in [2.05, 4.69) is 58.3 Å². The molecule has 0 unspecified atom stereocenters. The van der Waals surface area contributed by atoms with Crippen LogP contribution in [0.4, 0.5) is 22.7 Å². The predicted molar refractivity (Wildman–Crippen MR) is 103 cm³/mol. The van der Waals surface area contributed by atoms with Crippen LogP contribution in [0.15, 0.2) is 72.8 Å². The van der Waals surface area contributed by atoms with E-state index in [9.17, 15) is 0 Å². The Morgan fingerprint density at radius 2 is 1.12 bits per heavy atom. The van der Waals surface area contributed by atoms with Crippen LogP contribution in [0, 0.1) is 0 Å². The van der Waals surface area contributed by atoms with Gasteiger partial charge in [0.2, 0.25) is 0 Å². The maximum Gasteiger partial charge on any atom is 0.151 e. The van der Waals surface area contributed by atoms with Crippen molar-refractivity contribution < 1.29 is 4.74 Å². The molecule has 5 rings (SSSR count). The van der Waals surface area contributed by atoms with Crippen LogP contribution in [-0.4, -0.2) is 13.1 Å². The maximum absolute atomic E-state index is 6.08. The molecule has 0 saturated carbocycles. The number of hydrogen-bond donors (Lipinski definition) is 0. The Bertz CT molecular complexity index is 852. The van der Waals surface area contributed by atoms with Crippen molar-refractivity contribution in [3.05, 3.63) is 72.8 Å². The Hall–Kier alpha value is -2.94. The third-order valence-corrected chi connectivity index (χ3v) is 5.01. The van der Waals surface area contributed by atoms with E-state index >= 15 is 0 Å². The standard InChI is InChI=1S/C22H20N2O/c1-3-9-21-19(7-1)24(20-8-2-4-10-22(20)25-21)18-13-11-17(12-14-18)23-15-5-6-16-23/h1-4,7-14H,5-6,15-16H2. The number of anilines is 4. The minimum atomic E-state index is 0.893. The fourth-order valence-corrected chi connectivity index (χ4v) is 3.77. The van der Waals surface area contributed by atoms with Gasteiger partial charge >= 0.3 is 0 Å². The third kappa shape index (κ3) is 2.43. The van der Waals surface area contributed by atoms with E-state index in [1.165, 1.54) is 31.6 Å². The van der Waals surface area contributed by atoms with E-state index < -0.39 is 0 Å². The van der Waals surface area contributed by atoms with E-state index in [4.69, 9.17) is 4.74 Å². The lowest BCUT2D eigenvalue weighted by Crippen LogP contribution is -2.18. The number of para-hydroxylation sites is 4. The number of nitrogens with zero attached hydrogens (tertiary/aromatic N) is 2. The molecular formula is C22H20N2O. The van der Waals surface area contributed by atoms with Gasteiger partial charge in [-0.2, -0.15) is 0 Å². The molecule has 0 aliphatic carbocycles. The summed E-state index contributed by atoms with van der Waals surface area (Å²) in [7, 11) is 0. The number of benzene rings is 3. The highest BCUT2D eigenvalue weighted by Crippen LogP contribution is 2.50. The van der Waals surface area contributed by atoms with Crippen molar-refractivity contribution in [3.8, 4) is 11.5 Å². The molecule has 1 saturated heterocycles. The zero-order chi connectivity index (χ0) is 16.6. The van der Waals surface area contributed by atoms with E-state index in [0.717, 1.165) is 28.6 Å². The highest BCUT2D eigenvalue weighted by molar-refractivity contribution is 5.86. The maximum atomic E-state index is 6.08. The summed E-state index contributed by atoms with van der Waals surface area (Å²) in [5.74, 6) is 1.79. The molecule has 2 aliphatic rings. The molecule has 1 fully saturated rings. The van der Waals surface area contributed by atoms with E-state index in [-0.39, 0.29) is 0 Å². The monoisotopic (exact) mass is 328 g/mol. The Balaban J connectivity index is 1.59. The van der Waals surface area contributed by atoms with Crippen LogP contribution in [-0.2, 0) is 0 Å². The molecule has 0 radical (unpaired) electrons. The summed E-state index contributed by atoms with van der Waals surface area (Å²) in [6, 6.07) is 25.3. The average molecular weight is 328 g/mol. The topological polar surface area (TPSA) is 15.7 Å². The second-order valence-corrected chi connectivity index (χ2v) is 6.58. The van der Waals surface area contributed by atoms with Gasteiger partial charge in [-0.15, -0.1) is 0 Å². The minimum Gasteiger partial charge on any atom is -0.453 e.